The summed E-state index contributed by atoms with van der Waals surface area (Å²) in [6, 6.07) is 2.95. The lowest BCUT2D eigenvalue weighted by Gasteiger charge is -2.31. The Morgan fingerprint density at radius 2 is 1.97 bits per heavy atom. The number of hydrogen-bond donors (Lipinski definition) is 0. The summed E-state index contributed by atoms with van der Waals surface area (Å²) in [5, 5.41) is 0. The minimum Gasteiger partial charge on any atom is -0.379 e. The molecule has 0 N–H and O–H groups in total. The Morgan fingerprint density at radius 3 is 2.69 bits per heavy atom. The molecular weight excluding hydrogens is 370 g/mol. The molecular formula is C21H27N5O3. The Hall–Kier alpha value is -2.74. The van der Waals surface area contributed by atoms with Gasteiger partial charge in [-0.25, -0.2) is 9.97 Å². The smallest absolute Gasteiger partial charge is 0.255 e. The van der Waals surface area contributed by atoms with Crippen molar-refractivity contribution < 1.29 is 9.53 Å². The zero-order valence-electron chi connectivity index (χ0n) is 17.0. The Labute approximate surface area is 170 Å². The third-order valence-corrected chi connectivity index (χ3v) is 5.58. The van der Waals surface area contributed by atoms with Crippen LogP contribution in [0.5, 0.6) is 0 Å². The zero-order valence-corrected chi connectivity index (χ0v) is 17.0. The van der Waals surface area contributed by atoms with Crippen LogP contribution in [0.4, 0.5) is 5.95 Å². The fourth-order valence-corrected chi connectivity index (χ4v) is 4.07. The van der Waals surface area contributed by atoms with Crippen LogP contribution in [0.3, 0.4) is 0 Å². The first-order chi connectivity index (χ1) is 14.0. The molecule has 8 nitrogen and oxygen atoms in total. The molecule has 8 heteroatoms. The number of pyridine rings is 1. The maximum Gasteiger partial charge on any atom is 0.255 e. The van der Waals surface area contributed by atoms with E-state index in [0.29, 0.717) is 37.8 Å². The molecule has 2 fully saturated rings. The van der Waals surface area contributed by atoms with Crippen molar-refractivity contribution in [1.82, 2.24) is 19.4 Å². The van der Waals surface area contributed by atoms with Crippen LogP contribution in [0, 0.1) is 5.92 Å². The molecule has 154 valence electrons. The Morgan fingerprint density at radius 1 is 1.17 bits per heavy atom. The normalized spacial score (nSPS) is 21.7. The standard InChI is InChI=1S/C21H27N5O3/c1-3-4-15-7-22-21(23-8-15)25-9-16-10-26(18(12-25)14-29-13-16)20(28)17-5-6-19(27)24(2)11-17/h5-8,11,16,18H,3-4,9-10,12-14H2,1-2H3/t16-,18-/m0/s1. The summed E-state index contributed by atoms with van der Waals surface area (Å²) in [5.74, 6) is 0.818. The van der Waals surface area contributed by atoms with Gasteiger partial charge in [0.25, 0.3) is 5.91 Å². The third kappa shape index (κ3) is 4.17. The van der Waals surface area contributed by atoms with Gasteiger partial charge < -0.3 is 19.1 Å². The second kappa shape index (κ2) is 8.32. The Bertz CT molecular complexity index is 927. The highest BCUT2D eigenvalue weighted by Gasteiger charge is 2.37. The number of carbonyl (C=O) groups is 1. The summed E-state index contributed by atoms with van der Waals surface area (Å²) < 4.78 is 7.28. The number of ether oxygens (including phenoxy) is 1. The summed E-state index contributed by atoms with van der Waals surface area (Å²) in [4.78, 5) is 38.1. The highest BCUT2D eigenvalue weighted by Crippen LogP contribution is 2.24. The molecule has 2 aliphatic heterocycles. The minimum absolute atomic E-state index is 0.0674. The van der Waals surface area contributed by atoms with Crippen LogP contribution >= 0.6 is 0 Å². The molecule has 2 atom stereocenters. The maximum atomic E-state index is 13.2. The number of carbonyl (C=O) groups excluding carboxylic acids is 1. The van der Waals surface area contributed by atoms with Crippen LogP contribution in [0.1, 0.15) is 29.3 Å². The van der Waals surface area contributed by atoms with E-state index in [2.05, 4.69) is 21.8 Å². The molecule has 2 saturated heterocycles. The average molecular weight is 397 g/mol. The number of fused-ring (bicyclic) bond motifs is 3. The van der Waals surface area contributed by atoms with Crippen LogP contribution in [0.15, 0.2) is 35.5 Å². The van der Waals surface area contributed by atoms with Gasteiger partial charge in [0.1, 0.15) is 0 Å². The van der Waals surface area contributed by atoms with Crippen molar-refractivity contribution >= 4 is 11.9 Å². The lowest BCUT2D eigenvalue weighted by molar-refractivity contribution is 0.0610. The number of aromatic nitrogens is 3. The van der Waals surface area contributed by atoms with Gasteiger partial charge in [0.15, 0.2) is 0 Å². The van der Waals surface area contributed by atoms with Crippen molar-refractivity contribution in [3.8, 4) is 0 Å². The summed E-state index contributed by atoms with van der Waals surface area (Å²) in [6.45, 7) is 5.23. The van der Waals surface area contributed by atoms with E-state index in [1.807, 2.05) is 17.3 Å². The number of aryl methyl sites for hydroxylation is 2. The van der Waals surface area contributed by atoms with E-state index in [1.165, 1.54) is 10.6 Å². The van der Waals surface area contributed by atoms with E-state index in [0.717, 1.165) is 24.9 Å². The van der Waals surface area contributed by atoms with E-state index in [-0.39, 0.29) is 23.4 Å². The summed E-state index contributed by atoms with van der Waals surface area (Å²) >= 11 is 0. The molecule has 2 aromatic rings. The fourth-order valence-electron chi connectivity index (χ4n) is 4.07. The Balaban J connectivity index is 1.57. The van der Waals surface area contributed by atoms with Gasteiger partial charge in [0.05, 0.1) is 24.8 Å². The van der Waals surface area contributed by atoms with E-state index >= 15 is 0 Å². The number of hydrogen-bond acceptors (Lipinski definition) is 6. The molecule has 0 unspecified atom stereocenters. The van der Waals surface area contributed by atoms with E-state index in [1.54, 1.807) is 19.3 Å². The van der Waals surface area contributed by atoms with Gasteiger partial charge in [0, 0.05) is 57.3 Å². The Kier molecular flexibility index (Phi) is 5.62. The molecule has 0 saturated carbocycles. The van der Waals surface area contributed by atoms with Gasteiger partial charge >= 0.3 is 0 Å². The first kappa shape index (κ1) is 19.6. The van der Waals surface area contributed by atoms with Gasteiger partial charge in [-0.15, -0.1) is 0 Å². The van der Waals surface area contributed by atoms with Gasteiger partial charge in [-0.3, -0.25) is 9.59 Å². The predicted molar refractivity (Wildman–Crippen MR) is 109 cm³/mol. The summed E-state index contributed by atoms with van der Waals surface area (Å²) in [5.41, 5.74) is 1.53. The molecule has 4 rings (SSSR count). The molecule has 0 spiro atoms. The van der Waals surface area contributed by atoms with Crippen molar-refractivity contribution in [2.45, 2.75) is 25.8 Å². The highest BCUT2D eigenvalue weighted by molar-refractivity contribution is 5.94. The number of rotatable bonds is 4. The summed E-state index contributed by atoms with van der Waals surface area (Å²) in [6.07, 6.45) is 7.44. The SMILES string of the molecule is CCCc1cnc(N2C[C@@H]3COC[C@H](C2)N(C(=O)c2ccc(=O)n(C)c2)C3)nc1. The second-order valence-electron chi connectivity index (χ2n) is 7.93. The van der Waals surface area contributed by atoms with Crippen molar-refractivity contribution in [3.05, 3.63) is 52.2 Å². The molecule has 1 amide bonds. The van der Waals surface area contributed by atoms with Crippen molar-refractivity contribution in [1.29, 1.82) is 0 Å². The van der Waals surface area contributed by atoms with Crippen molar-refractivity contribution in [3.63, 3.8) is 0 Å². The number of anilines is 1. The molecule has 2 aliphatic rings. The van der Waals surface area contributed by atoms with Crippen LogP contribution in [0.2, 0.25) is 0 Å². The molecule has 0 radical (unpaired) electrons. The van der Waals surface area contributed by atoms with Crippen LogP contribution < -0.4 is 10.5 Å². The predicted octanol–water partition coefficient (Wildman–Crippen LogP) is 1.11. The van der Waals surface area contributed by atoms with E-state index in [9.17, 15) is 9.59 Å². The number of amides is 1. The third-order valence-electron chi connectivity index (χ3n) is 5.58. The van der Waals surface area contributed by atoms with Gasteiger partial charge in [-0.1, -0.05) is 13.3 Å². The molecule has 2 bridgehead atoms. The topological polar surface area (TPSA) is 80.6 Å². The lowest BCUT2D eigenvalue weighted by Crippen LogP contribution is -2.47. The molecule has 29 heavy (non-hydrogen) atoms. The van der Waals surface area contributed by atoms with Crippen molar-refractivity contribution in [2.75, 3.05) is 37.7 Å². The highest BCUT2D eigenvalue weighted by atomic mass is 16.5. The van der Waals surface area contributed by atoms with Gasteiger partial charge in [0.2, 0.25) is 11.5 Å². The lowest BCUT2D eigenvalue weighted by atomic mass is 10.1. The zero-order chi connectivity index (χ0) is 20.4. The van der Waals surface area contributed by atoms with Gasteiger partial charge in [-0.05, 0) is 18.1 Å². The van der Waals surface area contributed by atoms with E-state index < -0.39 is 0 Å². The maximum absolute atomic E-state index is 13.2. The molecule has 2 aromatic heterocycles. The summed E-state index contributed by atoms with van der Waals surface area (Å²) in [7, 11) is 1.66. The van der Waals surface area contributed by atoms with Crippen LogP contribution in [-0.4, -0.2) is 64.2 Å². The second-order valence-corrected chi connectivity index (χ2v) is 7.93. The van der Waals surface area contributed by atoms with Gasteiger partial charge in [-0.2, -0.15) is 0 Å². The number of nitrogens with zero attached hydrogens (tertiary/aromatic N) is 5. The first-order valence-electron chi connectivity index (χ1n) is 10.2. The largest absolute Gasteiger partial charge is 0.379 e. The molecule has 0 aliphatic carbocycles. The average Bonchev–Trinajstić information content (AvgIpc) is 3.01. The molecule has 4 heterocycles. The monoisotopic (exact) mass is 397 g/mol. The first-order valence-corrected chi connectivity index (χ1v) is 10.2. The van der Waals surface area contributed by atoms with E-state index in [4.69, 9.17) is 4.74 Å². The molecule has 0 aromatic carbocycles. The van der Waals surface area contributed by atoms with Crippen LogP contribution in [-0.2, 0) is 18.2 Å². The quantitative estimate of drug-likeness (QED) is 0.769. The van der Waals surface area contributed by atoms with Crippen LogP contribution in [0.25, 0.3) is 0 Å². The fraction of sp³-hybridized carbons (Fsp3) is 0.524. The minimum atomic E-state index is -0.130. The van der Waals surface area contributed by atoms with Crippen molar-refractivity contribution in [2.24, 2.45) is 13.0 Å².